The van der Waals surface area contributed by atoms with Crippen molar-refractivity contribution in [2.45, 2.75) is 26.2 Å². The Kier molecular flexibility index (Phi) is 8.85. The summed E-state index contributed by atoms with van der Waals surface area (Å²) in [5.41, 5.74) is 14.7. The van der Waals surface area contributed by atoms with Crippen LogP contribution in [-0.2, 0) is 6.42 Å². The van der Waals surface area contributed by atoms with Gasteiger partial charge in [0.2, 0.25) is 0 Å². The molecule has 0 aliphatic heterocycles. The van der Waals surface area contributed by atoms with E-state index in [2.05, 4.69) is 168 Å². The number of rotatable bonds is 9. The van der Waals surface area contributed by atoms with Crippen LogP contribution in [0.3, 0.4) is 0 Å². The Bertz CT molecular complexity index is 3340. The van der Waals surface area contributed by atoms with Crippen LogP contribution in [-0.4, -0.2) is 24.5 Å². The molecule has 11 aromatic rings. The van der Waals surface area contributed by atoms with Gasteiger partial charge in [0.25, 0.3) is 0 Å². The molecule has 3 heterocycles. The van der Waals surface area contributed by atoms with Crippen LogP contribution in [0, 0.1) is 0 Å². The molecule has 1 N–H and O–H groups in total. The molecule has 11 rings (SSSR count). The van der Waals surface area contributed by atoms with Gasteiger partial charge in [-0.3, -0.25) is 0 Å². The molecule has 8 aromatic carbocycles. The highest BCUT2D eigenvalue weighted by atomic mass is 15.0. The van der Waals surface area contributed by atoms with Gasteiger partial charge in [0.05, 0.1) is 16.6 Å². The summed E-state index contributed by atoms with van der Waals surface area (Å²) in [7, 11) is 0. The Hall–Kier alpha value is -7.63. The zero-order valence-corrected chi connectivity index (χ0v) is 33.3. The number of aryl methyl sites for hydroxylation is 1. The van der Waals surface area contributed by atoms with Gasteiger partial charge in [-0.2, -0.15) is 0 Å². The Balaban J connectivity index is 1.03. The van der Waals surface area contributed by atoms with Crippen molar-refractivity contribution in [1.29, 1.82) is 0 Å². The number of nitrogens with zero attached hydrogens (tertiary/aromatic N) is 4. The largest absolute Gasteiger partial charge is 0.354 e. The minimum atomic E-state index is 0.626. The van der Waals surface area contributed by atoms with Crippen molar-refractivity contribution in [1.82, 2.24) is 24.5 Å². The highest BCUT2D eigenvalue weighted by Crippen LogP contribution is 2.40. The molecule has 0 fully saturated rings. The molecule has 0 amide bonds. The zero-order valence-electron chi connectivity index (χ0n) is 33.3. The van der Waals surface area contributed by atoms with Crippen LogP contribution in [0.4, 0.5) is 0 Å². The first kappa shape index (κ1) is 35.5. The maximum atomic E-state index is 5.12. The van der Waals surface area contributed by atoms with Crippen LogP contribution < -0.4 is 0 Å². The minimum Gasteiger partial charge on any atom is -0.354 e. The number of unbranched alkanes of at least 4 members (excludes halogenated alkanes) is 1. The maximum Gasteiger partial charge on any atom is 0.164 e. The third-order valence-corrected chi connectivity index (χ3v) is 11.8. The fraction of sp³-hybridized carbons (Fsp3) is 0.0727. The predicted octanol–water partition coefficient (Wildman–Crippen LogP) is 14.3. The highest BCUT2D eigenvalue weighted by Gasteiger charge is 2.19. The molecule has 0 aliphatic carbocycles. The van der Waals surface area contributed by atoms with E-state index in [4.69, 9.17) is 15.0 Å². The number of H-pyrrole nitrogens is 1. The summed E-state index contributed by atoms with van der Waals surface area (Å²) in [5, 5.41) is 5.05. The lowest BCUT2D eigenvalue weighted by atomic mass is 9.95. The Labute approximate surface area is 348 Å². The first-order chi connectivity index (χ1) is 29.7. The Morgan fingerprint density at radius 1 is 0.450 bits per heavy atom. The average molecular weight is 772 g/mol. The van der Waals surface area contributed by atoms with Crippen molar-refractivity contribution in [2.24, 2.45) is 0 Å². The monoisotopic (exact) mass is 771 g/mol. The molecule has 5 heteroatoms. The average Bonchev–Trinajstić information content (AvgIpc) is 3.88. The Morgan fingerprint density at radius 3 is 1.80 bits per heavy atom. The number of nitrogens with one attached hydrogen (secondary N) is 1. The van der Waals surface area contributed by atoms with Gasteiger partial charge in [-0.05, 0) is 71.5 Å². The van der Waals surface area contributed by atoms with E-state index in [0.717, 1.165) is 45.4 Å². The first-order valence-corrected chi connectivity index (χ1v) is 20.8. The molecule has 0 saturated carbocycles. The van der Waals surface area contributed by atoms with Crippen molar-refractivity contribution >= 4 is 43.6 Å². The number of aromatic nitrogens is 5. The molecule has 0 unspecified atom stereocenters. The highest BCUT2D eigenvalue weighted by molar-refractivity contribution is 6.15. The lowest BCUT2D eigenvalue weighted by molar-refractivity contribution is 0.799. The number of para-hydroxylation sites is 2. The van der Waals surface area contributed by atoms with E-state index in [9.17, 15) is 0 Å². The second-order valence-corrected chi connectivity index (χ2v) is 15.5. The van der Waals surface area contributed by atoms with Crippen molar-refractivity contribution in [2.75, 3.05) is 0 Å². The van der Waals surface area contributed by atoms with E-state index in [1.54, 1.807) is 0 Å². The van der Waals surface area contributed by atoms with Gasteiger partial charge in [0.15, 0.2) is 17.5 Å². The van der Waals surface area contributed by atoms with Gasteiger partial charge in [-0.15, -0.1) is 0 Å². The van der Waals surface area contributed by atoms with Gasteiger partial charge in [0.1, 0.15) is 0 Å². The van der Waals surface area contributed by atoms with Gasteiger partial charge in [-0.1, -0.05) is 165 Å². The van der Waals surface area contributed by atoms with Crippen LogP contribution in [0.15, 0.2) is 188 Å². The third-order valence-electron chi connectivity index (χ3n) is 11.8. The van der Waals surface area contributed by atoms with Crippen molar-refractivity contribution in [3.63, 3.8) is 0 Å². The molecule has 60 heavy (non-hydrogen) atoms. The molecule has 0 aliphatic rings. The SMILES string of the molecule is CCCCc1ccc(-c2ccc3c(c2)c2ccccc2n3-c2cccc(-c3nc(-c4ccccc4)nc(-c4ccc(-c5ccccc5)cc4)n3)c2)c2[nH]c3ccccc3c12. The van der Waals surface area contributed by atoms with Crippen molar-refractivity contribution in [3.05, 3.63) is 194 Å². The summed E-state index contributed by atoms with van der Waals surface area (Å²) >= 11 is 0. The van der Waals surface area contributed by atoms with E-state index in [1.807, 2.05) is 36.4 Å². The molecule has 0 bridgehead atoms. The molecule has 0 atom stereocenters. The smallest absolute Gasteiger partial charge is 0.164 e. The summed E-state index contributed by atoms with van der Waals surface area (Å²) in [6.45, 7) is 2.26. The van der Waals surface area contributed by atoms with E-state index < -0.39 is 0 Å². The molecule has 0 saturated heterocycles. The third kappa shape index (κ3) is 6.23. The van der Waals surface area contributed by atoms with Crippen LogP contribution >= 0.6 is 0 Å². The standard InChI is InChI=1S/C55H41N5/c1-2-3-15-38-30-32-44(52-51(38)46-23-10-12-24-48(46)56-52)41-31-33-50-47(35-41)45-22-11-13-25-49(45)60(50)43-21-14-20-42(34-43)55-58-53(39-18-8-5-9-19-39)57-54(59-55)40-28-26-37(27-29-40)36-16-6-4-7-17-36/h4-14,16-35,56H,2-3,15H2,1H3. The lowest BCUT2D eigenvalue weighted by Crippen LogP contribution is -2.01. The van der Waals surface area contributed by atoms with Gasteiger partial charge >= 0.3 is 0 Å². The summed E-state index contributed by atoms with van der Waals surface area (Å²) in [6.07, 6.45) is 3.42. The van der Waals surface area contributed by atoms with E-state index >= 15 is 0 Å². The number of aromatic amines is 1. The van der Waals surface area contributed by atoms with Crippen LogP contribution in [0.25, 0.3) is 106 Å². The van der Waals surface area contributed by atoms with Crippen LogP contribution in [0.1, 0.15) is 25.3 Å². The first-order valence-electron chi connectivity index (χ1n) is 20.8. The summed E-state index contributed by atoms with van der Waals surface area (Å²) in [5.74, 6) is 1.90. The molecule has 0 radical (unpaired) electrons. The van der Waals surface area contributed by atoms with Gasteiger partial charge in [0, 0.05) is 55.0 Å². The summed E-state index contributed by atoms with van der Waals surface area (Å²) in [6, 6.07) is 66.6. The van der Waals surface area contributed by atoms with Gasteiger partial charge < -0.3 is 9.55 Å². The van der Waals surface area contributed by atoms with E-state index in [1.165, 1.54) is 67.7 Å². The molecular formula is C55H41N5. The van der Waals surface area contributed by atoms with Crippen LogP contribution in [0.5, 0.6) is 0 Å². The normalized spacial score (nSPS) is 11.6. The Morgan fingerprint density at radius 2 is 1.03 bits per heavy atom. The van der Waals surface area contributed by atoms with Crippen molar-refractivity contribution in [3.8, 4) is 62.1 Å². The zero-order chi connectivity index (χ0) is 40.0. The number of hydrogen-bond donors (Lipinski definition) is 1. The quantitative estimate of drug-likeness (QED) is 0.159. The predicted molar refractivity (Wildman–Crippen MR) is 249 cm³/mol. The number of benzene rings is 8. The molecule has 0 spiro atoms. The van der Waals surface area contributed by atoms with Crippen LogP contribution in [0.2, 0.25) is 0 Å². The molecular weight excluding hydrogens is 731 g/mol. The van der Waals surface area contributed by atoms with E-state index in [-0.39, 0.29) is 0 Å². The maximum absolute atomic E-state index is 5.12. The minimum absolute atomic E-state index is 0.626. The molecule has 286 valence electrons. The summed E-state index contributed by atoms with van der Waals surface area (Å²) in [4.78, 5) is 19.0. The van der Waals surface area contributed by atoms with E-state index in [0.29, 0.717) is 17.5 Å². The number of hydrogen-bond acceptors (Lipinski definition) is 3. The second kappa shape index (κ2) is 14.9. The fourth-order valence-corrected chi connectivity index (χ4v) is 8.84. The lowest BCUT2D eigenvalue weighted by Gasteiger charge is -2.12. The second-order valence-electron chi connectivity index (χ2n) is 15.5. The molecule has 5 nitrogen and oxygen atoms in total. The molecule has 3 aromatic heterocycles. The topological polar surface area (TPSA) is 59.4 Å². The number of fused-ring (bicyclic) bond motifs is 6. The summed E-state index contributed by atoms with van der Waals surface area (Å²) < 4.78 is 2.37. The fourth-order valence-electron chi connectivity index (χ4n) is 8.84. The van der Waals surface area contributed by atoms with Gasteiger partial charge in [-0.25, -0.2) is 15.0 Å². The van der Waals surface area contributed by atoms with Crippen molar-refractivity contribution < 1.29 is 0 Å².